The third-order valence-electron chi connectivity index (χ3n) is 4.67. The van der Waals surface area contributed by atoms with Gasteiger partial charge in [-0.25, -0.2) is 4.98 Å². The van der Waals surface area contributed by atoms with Crippen LogP contribution in [0.15, 0.2) is 18.3 Å². The highest BCUT2D eigenvalue weighted by molar-refractivity contribution is 7.99. The summed E-state index contributed by atoms with van der Waals surface area (Å²) in [6.07, 6.45) is 5.41. The molecule has 0 aromatic carbocycles. The van der Waals surface area contributed by atoms with Crippen LogP contribution in [0, 0.1) is 12.8 Å². The normalized spacial score (nSPS) is 24.1. The van der Waals surface area contributed by atoms with Crippen molar-refractivity contribution < 1.29 is 4.79 Å². The molecule has 2 unspecified atom stereocenters. The number of pyridine rings is 1. The Morgan fingerprint density at radius 1 is 1.43 bits per heavy atom. The van der Waals surface area contributed by atoms with E-state index in [2.05, 4.69) is 21.7 Å². The van der Waals surface area contributed by atoms with Gasteiger partial charge < -0.3 is 15.5 Å². The van der Waals surface area contributed by atoms with E-state index < -0.39 is 0 Å². The molecule has 23 heavy (non-hydrogen) atoms. The van der Waals surface area contributed by atoms with Crippen LogP contribution in [0.2, 0.25) is 0 Å². The lowest BCUT2D eigenvalue weighted by molar-refractivity contribution is -0.128. The average molecular weight is 334 g/mol. The fourth-order valence-corrected chi connectivity index (χ4v) is 4.19. The van der Waals surface area contributed by atoms with Crippen LogP contribution in [0.5, 0.6) is 0 Å². The Balaban J connectivity index is 1.35. The van der Waals surface area contributed by atoms with Gasteiger partial charge in [-0.3, -0.25) is 4.79 Å². The molecule has 0 radical (unpaired) electrons. The van der Waals surface area contributed by atoms with Crippen LogP contribution in [0.25, 0.3) is 0 Å². The Morgan fingerprint density at radius 2 is 2.35 bits per heavy atom. The highest BCUT2D eigenvalue weighted by Gasteiger charge is 2.26. The lowest BCUT2D eigenvalue weighted by atomic mass is 10.1. The third kappa shape index (κ3) is 4.85. The molecule has 3 rings (SSSR count). The Morgan fingerprint density at radius 3 is 3.09 bits per heavy atom. The quantitative estimate of drug-likeness (QED) is 0.834. The first-order valence-corrected chi connectivity index (χ1v) is 9.61. The first-order chi connectivity index (χ1) is 11.2. The maximum Gasteiger partial charge on any atom is 0.237 e. The molecule has 1 aromatic heterocycles. The molecule has 1 aliphatic heterocycles. The van der Waals surface area contributed by atoms with Crippen molar-refractivity contribution in [3.05, 3.63) is 23.9 Å². The molecule has 6 heteroatoms. The van der Waals surface area contributed by atoms with Crippen LogP contribution in [0.4, 0.5) is 5.82 Å². The molecule has 0 spiro atoms. The summed E-state index contributed by atoms with van der Waals surface area (Å²) in [5.74, 6) is 3.80. The number of anilines is 1. The van der Waals surface area contributed by atoms with Gasteiger partial charge in [0.2, 0.25) is 5.91 Å². The first-order valence-electron chi connectivity index (χ1n) is 8.46. The fourth-order valence-electron chi connectivity index (χ4n) is 3.22. The largest absolute Gasteiger partial charge is 0.370 e. The van der Waals surface area contributed by atoms with Gasteiger partial charge in [0, 0.05) is 31.1 Å². The molecule has 126 valence electrons. The molecule has 2 fully saturated rings. The van der Waals surface area contributed by atoms with Crippen molar-refractivity contribution in [2.24, 2.45) is 5.92 Å². The van der Waals surface area contributed by atoms with E-state index in [9.17, 15) is 4.79 Å². The summed E-state index contributed by atoms with van der Waals surface area (Å²) in [5.41, 5.74) is 1.18. The summed E-state index contributed by atoms with van der Waals surface area (Å²) < 4.78 is 0. The Labute approximate surface area is 142 Å². The number of amides is 1. The standard InChI is InChI=1S/C17H26N4OS/c1-13-2-5-16(19-9-13)20-10-14-3-4-15(8-14)18-11-17(22)21-6-7-23-12-21/h2,5,9,14-15,18H,3-4,6-8,10-12H2,1H3,(H,19,20). The van der Waals surface area contributed by atoms with Crippen LogP contribution in [-0.4, -0.2) is 53.1 Å². The minimum absolute atomic E-state index is 0.250. The van der Waals surface area contributed by atoms with E-state index in [0.717, 1.165) is 43.4 Å². The van der Waals surface area contributed by atoms with Crippen LogP contribution in [0.3, 0.4) is 0 Å². The zero-order valence-electron chi connectivity index (χ0n) is 13.8. The highest BCUT2D eigenvalue weighted by atomic mass is 32.2. The molecular formula is C17H26N4OS. The molecule has 2 atom stereocenters. The number of rotatable bonds is 6. The Bertz CT molecular complexity index is 516. The van der Waals surface area contributed by atoms with E-state index in [1.807, 2.05) is 35.8 Å². The molecule has 5 nitrogen and oxygen atoms in total. The number of hydrogen-bond acceptors (Lipinski definition) is 5. The predicted molar refractivity (Wildman–Crippen MR) is 95.6 cm³/mol. The molecule has 1 aromatic rings. The lowest BCUT2D eigenvalue weighted by Crippen LogP contribution is -2.39. The second kappa shape index (κ2) is 8.02. The predicted octanol–water partition coefficient (Wildman–Crippen LogP) is 2.09. The molecule has 1 aliphatic carbocycles. The van der Waals surface area contributed by atoms with Crippen LogP contribution in [-0.2, 0) is 4.79 Å². The maximum atomic E-state index is 12.1. The van der Waals surface area contributed by atoms with E-state index in [4.69, 9.17) is 0 Å². The summed E-state index contributed by atoms with van der Waals surface area (Å²) >= 11 is 1.84. The van der Waals surface area contributed by atoms with E-state index in [1.54, 1.807) is 0 Å². The van der Waals surface area contributed by atoms with Gasteiger partial charge in [0.25, 0.3) is 0 Å². The molecule has 2 heterocycles. The van der Waals surface area contributed by atoms with Crippen LogP contribution >= 0.6 is 11.8 Å². The van der Waals surface area contributed by atoms with E-state index in [0.29, 0.717) is 18.5 Å². The van der Waals surface area contributed by atoms with E-state index >= 15 is 0 Å². The zero-order valence-corrected chi connectivity index (χ0v) is 14.6. The minimum atomic E-state index is 0.250. The van der Waals surface area contributed by atoms with Crippen molar-refractivity contribution in [2.45, 2.75) is 32.2 Å². The smallest absolute Gasteiger partial charge is 0.237 e. The number of carbonyl (C=O) groups excluding carboxylic acids is 1. The first kappa shape index (κ1) is 16.6. The molecule has 0 bridgehead atoms. The second-order valence-electron chi connectivity index (χ2n) is 6.55. The monoisotopic (exact) mass is 334 g/mol. The second-order valence-corrected chi connectivity index (χ2v) is 7.63. The van der Waals surface area contributed by atoms with Gasteiger partial charge in [-0.05, 0) is 43.7 Å². The van der Waals surface area contributed by atoms with Crippen molar-refractivity contribution in [1.29, 1.82) is 0 Å². The summed E-state index contributed by atoms with van der Waals surface area (Å²) in [4.78, 5) is 18.4. The van der Waals surface area contributed by atoms with Gasteiger partial charge in [-0.15, -0.1) is 11.8 Å². The lowest BCUT2D eigenvalue weighted by Gasteiger charge is -2.18. The fraction of sp³-hybridized carbons (Fsp3) is 0.647. The number of aromatic nitrogens is 1. The number of thioether (sulfide) groups is 1. The molecule has 1 amide bonds. The van der Waals surface area contributed by atoms with Gasteiger partial charge in [0.1, 0.15) is 5.82 Å². The van der Waals surface area contributed by atoms with Crippen molar-refractivity contribution >= 4 is 23.5 Å². The number of carbonyl (C=O) groups is 1. The van der Waals surface area contributed by atoms with Gasteiger partial charge in [0.15, 0.2) is 0 Å². The molecule has 1 saturated heterocycles. The van der Waals surface area contributed by atoms with Crippen molar-refractivity contribution in [3.63, 3.8) is 0 Å². The molecule has 2 aliphatic rings. The number of nitrogens with zero attached hydrogens (tertiary/aromatic N) is 2. The summed E-state index contributed by atoms with van der Waals surface area (Å²) in [6.45, 7) is 4.41. The number of nitrogens with one attached hydrogen (secondary N) is 2. The topological polar surface area (TPSA) is 57.3 Å². The molecular weight excluding hydrogens is 308 g/mol. The minimum Gasteiger partial charge on any atom is -0.370 e. The van der Waals surface area contributed by atoms with E-state index in [1.165, 1.54) is 12.0 Å². The zero-order chi connectivity index (χ0) is 16.1. The maximum absolute atomic E-state index is 12.1. The van der Waals surface area contributed by atoms with Gasteiger partial charge in [0.05, 0.1) is 12.4 Å². The Hall–Kier alpha value is -1.27. The van der Waals surface area contributed by atoms with Crippen molar-refractivity contribution in [3.8, 4) is 0 Å². The van der Waals surface area contributed by atoms with Crippen molar-refractivity contribution in [2.75, 3.05) is 36.6 Å². The van der Waals surface area contributed by atoms with Crippen LogP contribution in [0.1, 0.15) is 24.8 Å². The molecule has 2 N–H and O–H groups in total. The summed E-state index contributed by atoms with van der Waals surface area (Å²) in [7, 11) is 0. The SMILES string of the molecule is Cc1ccc(NCC2CCC(NCC(=O)N3CCSC3)C2)nc1. The highest BCUT2D eigenvalue weighted by Crippen LogP contribution is 2.25. The van der Waals surface area contributed by atoms with E-state index in [-0.39, 0.29) is 5.91 Å². The summed E-state index contributed by atoms with van der Waals surface area (Å²) in [5, 5.41) is 6.88. The number of aryl methyl sites for hydroxylation is 1. The molecule has 1 saturated carbocycles. The summed E-state index contributed by atoms with van der Waals surface area (Å²) in [6, 6.07) is 4.59. The van der Waals surface area contributed by atoms with Crippen LogP contribution < -0.4 is 10.6 Å². The van der Waals surface area contributed by atoms with Gasteiger partial charge in [-0.2, -0.15) is 0 Å². The van der Waals surface area contributed by atoms with Crippen molar-refractivity contribution in [1.82, 2.24) is 15.2 Å². The van der Waals surface area contributed by atoms with Gasteiger partial charge in [-0.1, -0.05) is 6.07 Å². The number of hydrogen-bond donors (Lipinski definition) is 2. The third-order valence-corrected chi connectivity index (χ3v) is 5.64. The Kier molecular flexibility index (Phi) is 5.78. The average Bonchev–Trinajstić information content (AvgIpc) is 3.24. The van der Waals surface area contributed by atoms with Gasteiger partial charge >= 0.3 is 0 Å².